The Morgan fingerprint density at radius 2 is 0.465 bits per heavy atom. The molecule has 0 aliphatic carbocycles. The van der Waals surface area contributed by atoms with Crippen molar-refractivity contribution in [3.63, 3.8) is 0 Å². The van der Waals surface area contributed by atoms with Crippen LogP contribution in [0, 0.1) is 5.92 Å². The Morgan fingerprint density at radius 3 is 0.690 bits per heavy atom. The second kappa shape index (κ2) is 37.1. The van der Waals surface area contributed by atoms with Crippen LogP contribution in [0.3, 0.4) is 0 Å². The third kappa shape index (κ3) is 16.1. The van der Waals surface area contributed by atoms with E-state index < -0.39 is 59.2 Å². The van der Waals surface area contributed by atoms with Crippen molar-refractivity contribution in [2.75, 3.05) is 119 Å². The van der Waals surface area contributed by atoms with Gasteiger partial charge in [0.15, 0.2) is 0 Å². The number of aliphatic hydroxyl groups is 1. The SMILES string of the molecule is CCCOC(OCCC)(OCCC)C(CC(OCC)(OCC)C(OCC)(OCC)C(OCC)(OCC)C(OCC)(OCC)C(OCC)(OCC)C(O)(OCC)OCC)C(OCCC)(OCCC)OCCC. The van der Waals surface area contributed by atoms with Crippen LogP contribution in [0.5, 0.6) is 0 Å². The molecule has 428 valence electrons. The average Bonchev–Trinajstić information content (AvgIpc) is 3.35. The molecule has 0 aromatic rings. The van der Waals surface area contributed by atoms with Gasteiger partial charge in [0.2, 0.25) is 5.79 Å². The van der Waals surface area contributed by atoms with E-state index in [0.29, 0.717) is 38.5 Å². The predicted molar refractivity (Wildman–Crippen MR) is 269 cm³/mol. The molecule has 0 rings (SSSR count). The van der Waals surface area contributed by atoms with Crippen LogP contribution in [0.2, 0.25) is 0 Å². The molecular formula is C52H106O19. The molecule has 0 heterocycles. The minimum Gasteiger partial charge on any atom is -0.345 e. The zero-order chi connectivity index (χ0) is 54.0. The highest BCUT2D eigenvalue weighted by molar-refractivity contribution is 5.17. The number of hydrogen-bond acceptors (Lipinski definition) is 19. The monoisotopic (exact) mass is 1030 g/mol. The Morgan fingerprint density at radius 1 is 0.254 bits per heavy atom. The maximum atomic E-state index is 13.3. The van der Waals surface area contributed by atoms with E-state index in [1.807, 2.05) is 55.4 Å². The van der Waals surface area contributed by atoms with Crippen LogP contribution in [0.1, 0.15) is 170 Å². The summed E-state index contributed by atoms with van der Waals surface area (Å²) in [4.78, 5) is 0. The van der Waals surface area contributed by atoms with Crippen molar-refractivity contribution in [3.05, 3.63) is 0 Å². The van der Waals surface area contributed by atoms with E-state index in [9.17, 15) is 5.11 Å². The molecule has 0 atom stereocenters. The molecule has 0 saturated carbocycles. The first-order chi connectivity index (χ1) is 34.2. The molecule has 0 aliphatic rings. The molecule has 0 aromatic heterocycles. The molecule has 0 aromatic carbocycles. The molecule has 0 spiro atoms. The number of rotatable bonds is 51. The van der Waals surface area contributed by atoms with Crippen LogP contribution in [0.25, 0.3) is 0 Å². The third-order valence-electron chi connectivity index (χ3n) is 10.8. The van der Waals surface area contributed by atoms with E-state index in [1.54, 1.807) is 69.2 Å². The molecule has 0 amide bonds. The quantitative estimate of drug-likeness (QED) is 0.0567. The highest BCUT2D eigenvalue weighted by Crippen LogP contribution is 2.60. The molecular weight excluding hydrogens is 929 g/mol. The molecule has 0 fully saturated rings. The van der Waals surface area contributed by atoms with Crippen LogP contribution in [0.4, 0.5) is 0 Å². The normalized spacial score (nSPS) is 13.9. The number of ether oxygens (including phenoxy) is 18. The Balaban J connectivity index is 10.7. The summed E-state index contributed by atoms with van der Waals surface area (Å²) in [6, 6.07) is 0. The fraction of sp³-hybridized carbons (Fsp3) is 1.00. The summed E-state index contributed by atoms with van der Waals surface area (Å²) in [5.41, 5.74) is 0. The van der Waals surface area contributed by atoms with E-state index in [1.165, 1.54) is 0 Å². The van der Waals surface area contributed by atoms with E-state index in [2.05, 4.69) is 0 Å². The molecule has 0 radical (unpaired) electrons. The van der Waals surface area contributed by atoms with Crippen molar-refractivity contribution in [1.82, 2.24) is 0 Å². The van der Waals surface area contributed by atoms with Gasteiger partial charge in [0.1, 0.15) is 5.92 Å². The fourth-order valence-electron chi connectivity index (χ4n) is 8.86. The highest BCUT2D eigenvalue weighted by Gasteiger charge is 2.89. The smallest absolute Gasteiger partial charge is 0.344 e. The second-order valence-electron chi connectivity index (χ2n) is 16.1. The summed E-state index contributed by atoms with van der Waals surface area (Å²) in [6.45, 7) is 32.8. The maximum Gasteiger partial charge on any atom is 0.344 e. The lowest BCUT2D eigenvalue weighted by atomic mass is 9.77. The minimum absolute atomic E-state index is 0.0357. The molecule has 19 heteroatoms. The first-order valence-corrected chi connectivity index (χ1v) is 27.4. The molecule has 71 heavy (non-hydrogen) atoms. The third-order valence-corrected chi connectivity index (χ3v) is 10.8. The van der Waals surface area contributed by atoms with Gasteiger partial charge in [-0.25, -0.2) is 0 Å². The van der Waals surface area contributed by atoms with E-state index in [-0.39, 0.29) is 119 Å². The zero-order valence-corrected chi connectivity index (χ0v) is 48.1. The van der Waals surface area contributed by atoms with Gasteiger partial charge in [-0.15, -0.1) is 0 Å². The molecule has 1 N–H and O–H groups in total. The van der Waals surface area contributed by atoms with Crippen molar-refractivity contribution in [2.24, 2.45) is 5.92 Å². The maximum absolute atomic E-state index is 13.3. The van der Waals surface area contributed by atoms with Crippen LogP contribution < -0.4 is 0 Å². The molecule has 19 nitrogen and oxygen atoms in total. The van der Waals surface area contributed by atoms with Gasteiger partial charge in [-0.1, -0.05) is 41.5 Å². The minimum atomic E-state index is -2.84. The fourth-order valence-corrected chi connectivity index (χ4v) is 8.86. The Hall–Kier alpha value is -0.760. The van der Waals surface area contributed by atoms with Crippen molar-refractivity contribution < 1.29 is 90.4 Å². The van der Waals surface area contributed by atoms with Crippen molar-refractivity contribution >= 4 is 0 Å². The van der Waals surface area contributed by atoms with Gasteiger partial charge in [-0.05, 0) is 122 Å². The molecule has 0 saturated heterocycles. The van der Waals surface area contributed by atoms with Crippen LogP contribution in [0.15, 0.2) is 0 Å². The average molecular weight is 1040 g/mol. The van der Waals surface area contributed by atoms with E-state index in [0.717, 1.165) is 0 Å². The number of hydrogen-bond donors (Lipinski definition) is 1. The van der Waals surface area contributed by atoms with Crippen LogP contribution >= 0.6 is 0 Å². The second-order valence-corrected chi connectivity index (χ2v) is 16.1. The summed E-state index contributed by atoms with van der Waals surface area (Å²) in [5, 5.41) is 13.3. The first-order valence-electron chi connectivity index (χ1n) is 27.4. The summed E-state index contributed by atoms with van der Waals surface area (Å²) in [5.74, 6) is -21.1. The van der Waals surface area contributed by atoms with E-state index in [4.69, 9.17) is 85.3 Å². The van der Waals surface area contributed by atoms with Crippen molar-refractivity contribution in [1.29, 1.82) is 0 Å². The Bertz CT molecular complexity index is 1160. The largest absolute Gasteiger partial charge is 0.345 e. The van der Waals surface area contributed by atoms with Gasteiger partial charge in [0, 0.05) is 85.7 Å². The van der Waals surface area contributed by atoms with Crippen LogP contribution in [-0.2, 0) is 85.3 Å². The summed E-state index contributed by atoms with van der Waals surface area (Å²) < 4.78 is 126. The zero-order valence-electron chi connectivity index (χ0n) is 48.1. The lowest BCUT2D eigenvalue weighted by Gasteiger charge is -2.64. The predicted octanol–water partition coefficient (Wildman–Crippen LogP) is 9.43. The summed E-state index contributed by atoms with van der Waals surface area (Å²) in [6.07, 6.45) is 3.11. The Labute approximate surface area is 430 Å². The van der Waals surface area contributed by atoms with Crippen LogP contribution in [-0.4, -0.2) is 171 Å². The summed E-state index contributed by atoms with van der Waals surface area (Å²) >= 11 is 0. The van der Waals surface area contributed by atoms with Crippen molar-refractivity contribution in [2.45, 2.75) is 216 Å². The Kier molecular flexibility index (Phi) is 36.7. The van der Waals surface area contributed by atoms with Gasteiger partial charge in [-0.2, -0.15) is 0 Å². The standard InChI is InChI=1S/C52H106O19/c1-19-37-66-46(67-38-20-2,68-39-21-3)44(47(69-40-22-4,70-41-23-5)71-42-24-6)43-45(54-25-7,55-26-8)48(56-27-9,57-28-10)49(58-29-11,59-30-12)50(60-31-13,61-32-14)51(62-33-15,63-34-16)52(53,64-35-17)65-36-18/h44,53H,19-43H2,1-18H3. The van der Waals surface area contributed by atoms with Gasteiger partial charge in [-0.3, -0.25) is 0 Å². The topological polar surface area (TPSA) is 186 Å². The first kappa shape index (κ1) is 70.2. The van der Waals surface area contributed by atoms with Gasteiger partial charge < -0.3 is 90.4 Å². The van der Waals surface area contributed by atoms with Gasteiger partial charge in [0.05, 0.1) is 39.6 Å². The highest BCUT2D eigenvalue weighted by atomic mass is 16.9. The molecule has 0 unspecified atom stereocenters. The summed E-state index contributed by atoms with van der Waals surface area (Å²) in [7, 11) is 0. The van der Waals surface area contributed by atoms with Crippen molar-refractivity contribution in [3.8, 4) is 0 Å². The molecule has 0 aliphatic heterocycles. The van der Waals surface area contributed by atoms with E-state index >= 15 is 0 Å². The van der Waals surface area contributed by atoms with Gasteiger partial charge >= 0.3 is 11.8 Å². The van der Waals surface area contributed by atoms with Gasteiger partial charge in [0.25, 0.3) is 29.3 Å². The molecule has 0 bridgehead atoms. The lowest BCUT2D eigenvalue weighted by Crippen LogP contribution is -2.89. The lowest BCUT2D eigenvalue weighted by molar-refractivity contribution is -0.614.